The predicted molar refractivity (Wildman–Crippen MR) is 88.2 cm³/mol. The first-order chi connectivity index (χ1) is 11.7. The SMILES string of the molecule is N#C/C(=C/NCc1ccncc1)C(=O)NCCCN1CCCC1=O. The molecule has 1 saturated heterocycles. The number of rotatable bonds is 8. The Hall–Kier alpha value is -2.88. The third-order valence-electron chi connectivity index (χ3n) is 3.73. The lowest BCUT2D eigenvalue weighted by atomic mass is 10.2. The highest BCUT2D eigenvalue weighted by Crippen LogP contribution is 2.09. The molecule has 0 unspecified atom stereocenters. The highest BCUT2D eigenvalue weighted by molar-refractivity contribution is 5.97. The summed E-state index contributed by atoms with van der Waals surface area (Å²) in [6.45, 7) is 2.39. The van der Waals surface area contributed by atoms with Crippen LogP contribution >= 0.6 is 0 Å². The molecule has 126 valence electrons. The van der Waals surface area contributed by atoms with Gasteiger partial charge >= 0.3 is 0 Å². The molecule has 1 fully saturated rings. The number of hydrogen-bond acceptors (Lipinski definition) is 5. The van der Waals surface area contributed by atoms with Gasteiger partial charge in [0.25, 0.3) is 5.91 Å². The van der Waals surface area contributed by atoms with E-state index >= 15 is 0 Å². The van der Waals surface area contributed by atoms with E-state index < -0.39 is 5.91 Å². The zero-order chi connectivity index (χ0) is 17.2. The van der Waals surface area contributed by atoms with Crippen molar-refractivity contribution in [1.29, 1.82) is 5.26 Å². The zero-order valence-electron chi connectivity index (χ0n) is 13.5. The van der Waals surface area contributed by atoms with Crippen molar-refractivity contribution in [2.75, 3.05) is 19.6 Å². The Morgan fingerprint density at radius 2 is 2.21 bits per heavy atom. The Kier molecular flexibility index (Phi) is 6.77. The molecule has 7 nitrogen and oxygen atoms in total. The molecule has 0 spiro atoms. The van der Waals surface area contributed by atoms with Gasteiger partial charge in [-0.3, -0.25) is 14.6 Å². The molecule has 2 amide bonds. The van der Waals surface area contributed by atoms with Crippen molar-refractivity contribution in [3.63, 3.8) is 0 Å². The first-order valence-electron chi connectivity index (χ1n) is 7.99. The lowest BCUT2D eigenvalue weighted by Crippen LogP contribution is -2.31. The zero-order valence-corrected chi connectivity index (χ0v) is 13.5. The monoisotopic (exact) mass is 327 g/mol. The van der Waals surface area contributed by atoms with E-state index in [0.29, 0.717) is 32.5 Å². The van der Waals surface area contributed by atoms with Crippen molar-refractivity contribution in [3.8, 4) is 6.07 Å². The second-order valence-electron chi connectivity index (χ2n) is 5.50. The summed E-state index contributed by atoms with van der Waals surface area (Å²) in [6.07, 6.45) is 7.00. The van der Waals surface area contributed by atoms with E-state index in [9.17, 15) is 9.59 Å². The summed E-state index contributed by atoms with van der Waals surface area (Å²) in [5, 5.41) is 14.7. The molecule has 2 heterocycles. The molecule has 0 aliphatic carbocycles. The third-order valence-corrected chi connectivity index (χ3v) is 3.73. The second kappa shape index (κ2) is 9.30. The van der Waals surface area contributed by atoms with Gasteiger partial charge in [0.1, 0.15) is 11.6 Å². The van der Waals surface area contributed by atoms with Crippen LogP contribution in [0.3, 0.4) is 0 Å². The second-order valence-corrected chi connectivity index (χ2v) is 5.50. The molecule has 0 atom stereocenters. The Morgan fingerprint density at radius 1 is 1.42 bits per heavy atom. The lowest BCUT2D eigenvalue weighted by Gasteiger charge is -2.15. The fourth-order valence-electron chi connectivity index (χ4n) is 2.43. The van der Waals surface area contributed by atoms with E-state index in [1.54, 1.807) is 12.4 Å². The van der Waals surface area contributed by atoms with Gasteiger partial charge in [-0.2, -0.15) is 5.26 Å². The van der Waals surface area contributed by atoms with Crippen molar-refractivity contribution in [2.24, 2.45) is 0 Å². The summed E-state index contributed by atoms with van der Waals surface area (Å²) in [5.41, 5.74) is 1.04. The molecule has 7 heteroatoms. The molecule has 0 bridgehead atoms. The topological polar surface area (TPSA) is 98.1 Å². The Balaban J connectivity index is 1.69. The molecule has 2 rings (SSSR count). The standard InChI is InChI=1S/C17H21N5O2/c18-11-15(13-20-12-14-4-7-19-8-5-14)17(24)21-6-2-10-22-9-1-3-16(22)23/h4-5,7-8,13,20H,1-3,6,9-10,12H2,(H,21,24)/b15-13-. The van der Waals surface area contributed by atoms with E-state index in [4.69, 9.17) is 5.26 Å². The van der Waals surface area contributed by atoms with E-state index in [2.05, 4.69) is 15.6 Å². The van der Waals surface area contributed by atoms with Crippen LogP contribution in [0.5, 0.6) is 0 Å². The molecule has 1 aliphatic rings. The normalized spacial score (nSPS) is 14.4. The van der Waals surface area contributed by atoms with E-state index in [-0.39, 0.29) is 11.5 Å². The van der Waals surface area contributed by atoms with E-state index in [0.717, 1.165) is 18.5 Å². The number of aromatic nitrogens is 1. The Labute approximate surface area is 141 Å². The number of nitrogens with one attached hydrogen (secondary N) is 2. The van der Waals surface area contributed by atoms with Crippen LogP contribution in [-0.2, 0) is 16.1 Å². The molecule has 0 aromatic carbocycles. The van der Waals surface area contributed by atoms with E-state index in [1.807, 2.05) is 23.1 Å². The minimum Gasteiger partial charge on any atom is -0.386 e. The maximum Gasteiger partial charge on any atom is 0.263 e. The third kappa shape index (κ3) is 5.39. The first-order valence-corrected chi connectivity index (χ1v) is 7.99. The number of pyridine rings is 1. The van der Waals surface area contributed by atoms with Gasteiger partial charge in [0, 0.05) is 51.2 Å². The summed E-state index contributed by atoms with van der Waals surface area (Å²) in [4.78, 5) is 29.1. The number of amides is 2. The number of carbonyl (C=O) groups excluding carboxylic acids is 2. The van der Waals surface area contributed by atoms with Gasteiger partial charge in [0.05, 0.1) is 0 Å². The summed E-state index contributed by atoms with van der Waals surface area (Å²) < 4.78 is 0. The number of hydrogen-bond donors (Lipinski definition) is 2. The van der Waals surface area contributed by atoms with Crippen LogP contribution in [0.25, 0.3) is 0 Å². The van der Waals surface area contributed by atoms with Crippen LogP contribution in [0, 0.1) is 11.3 Å². The lowest BCUT2D eigenvalue weighted by molar-refractivity contribution is -0.127. The van der Waals surface area contributed by atoms with Gasteiger partial charge in [-0.1, -0.05) is 0 Å². The molecule has 0 radical (unpaired) electrons. The molecule has 1 aromatic rings. The summed E-state index contributed by atoms with van der Waals surface area (Å²) in [5.74, 6) is -0.230. The quantitative estimate of drug-likeness (QED) is 0.416. The predicted octanol–water partition coefficient (Wildman–Crippen LogP) is 0.707. The molecule has 2 N–H and O–H groups in total. The average Bonchev–Trinajstić information content (AvgIpc) is 3.01. The molecular formula is C17H21N5O2. The maximum absolute atomic E-state index is 11.9. The highest BCUT2D eigenvalue weighted by atomic mass is 16.2. The molecule has 0 saturated carbocycles. The number of nitriles is 1. The van der Waals surface area contributed by atoms with Crippen molar-refractivity contribution in [1.82, 2.24) is 20.5 Å². The van der Waals surface area contributed by atoms with Crippen molar-refractivity contribution < 1.29 is 9.59 Å². The maximum atomic E-state index is 11.9. The van der Waals surface area contributed by atoms with Gasteiger partial charge < -0.3 is 15.5 Å². The van der Waals surface area contributed by atoms with Crippen LogP contribution in [0.2, 0.25) is 0 Å². The molecule has 24 heavy (non-hydrogen) atoms. The van der Waals surface area contributed by atoms with Crippen LogP contribution in [-0.4, -0.2) is 41.3 Å². The van der Waals surface area contributed by atoms with Gasteiger partial charge in [-0.05, 0) is 30.5 Å². The minimum atomic E-state index is -0.410. The van der Waals surface area contributed by atoms with Gasteiger partial charge in [0.15, 0.2) is 0 Å². The van der Waals surface area contributed by atoms with Crippen molar-refractivity contribution in [3.05, 3.63) is 41.9 Å². The van der Waals surface area contributed by atoms with Gasteiger partial charge in [-0.15, -0.1) is 0 Å². The largest absolute Gasteiger partial charge is 0.386 e. The summed E-state index contributed by atoms with van der Waals surface area (Å²) in [7, 11) is 0. The van der Waals surface area contributed by atoms with Crippen molar-refractivity contribution in [2.45, 2.75) is 25.8 Å². The molecular weight excluding hydrogens is 306 g/mol. The minimum absolute atomic E-state index is 0.0290. The fourth-order valence-corrected chi connectivity index (χ4v) is 2.43. The summed E-state index contributed by atoms with van der Waals surface area (Å²) in [6, 6.07) is 5.59. The summed E-state index contributed by atoms with van der Waals surface area (Å²) >= 11 is 0. The Morgan fingerprint density at radius 3 is 2.88 bits per heavy atom. The number of likely N-dealkylation sites (tertiary alicyclic amines) is 1. The van der Waals surface area contributed by atoms with Crippen LogP contribution in [0.4, 0.5) is 0 Å². The van der Waals surface area contributed by atoms with Crippen LogP contribution < -0.4 is 10.6 Å². The highest BCUT2D eigenvalue weighted by Gasteiger charge is 2.19. The van der Waals surface area contributed by atoms with Crippen LogP contribution in [0.15, 0.2) is 36.3 Å². The number of carbonyl (C=O) groups is 2. The molecule has 1 aliphatic heterocycles. The first kappa shape index (κ1) is 17.5. The number of nitrogens with zero attached hydrogens (tertiary/aromatic N) is 3. The fraction of sp³-hybridized carbons (Fsp3) is 0.412. The average molecular weight is 327 g/mol. The van der Waals surface area contributed by atoms with Crippen LogP contribution in [0.1, 0.15) is 24.8 Å². The van der Waals surface area contributed by atoms with Crippen molar-refractivity contribution >= 4 is 11.8 Å². The smallest absolute Gasteiger partial charge is 0.263 e. The molecule has 1 aromatic heterocycles. The Bertz CT molecular complexity index is 636. The van der Waals surface area contributed by atoms with Gasteiger partial charge in [-0.25, -0.2) is 0 Å². The van der Waals surface area contributed by atoms with Gasteiger partial charge in [0.2, 0.25) is 5.91 Å². The van der Waals surface area contributed by atoms with E-state index in [1.165, 1.54) is 6.20 Å².